The minimum absolute atomic E-state index is 0.359. The fraction of sp³-hybridized carbons (Fsp3) is 0.769. The van der Waals surface area contributed by atoms with Crippen LogP contribution in [-0.2, 0) is 17.7 Å². The molecule has 0 spiro atoms. The molecule has 98 valence electrons. The van der Waals surface area contributed by atoms with Gasteiger partial charge in [0.15, 0.2) is 0 Å². The lowest BCUT2D eigenvalue weighted by atomic mass is 10.2. The monoisotopic (exact) mass is 239 g/mol. The van der Waals surface area contributed by atoms with Crippen LogP contribution >= 0.6 is 0 Å². The van der Waals surface area contributed by atoms with Gasteiger partial charge >= 0.3 is 0 Å². The van der Waals surface area contributed by atoms with Crippen molar-refractivity contribution in [3.63, 3.8) is 0 Å². The maximum absolute atomic E-state index is 5.50. The average molecular weight is 239 g/mol. The van der Waals surface area contributed by atoms with E-state index in [9.17, 15) is 0 Å². The van der Waals surface area contributed by atoms with E-state index in [1.807, 2.05) is 13.1 Å². The summed E-state index contributed by atoms with van der Waals surface area (Å²) in [5, 5.41) is 3.45. The highest BCUT2D eigenvalue weighted by molar-refractivity contribution is 4.95. The van der Waals surface area contributed by atoms with Crippen LogP contribution in [0.3, 0.4) is 0 Å². The van der Waals surface area contributed by atoms with Crippen LogP contribution in [0.2, 0.25) is 0 Å². The number of rotatable bonds is 9. The van der Waals surface area contributed by atoms with E-state index < -0.39 is 0 Å². The second kappa shape index (κ2) is 8.25. The van der Waals surface area contributed by atoms with Crippen LogP contribution in [0.1, 0.15) is 33.0 Å². The van der Waals surface area contributed by atoms with Gasteiger partial charge in [-0.1, -0.05) is 13.8 Å². The van der Waals surface area contributed by atoms with Crippen molar-refractivity contribution >= 4 is 0 Å². The molecule has 0 saturated carbocycles. The lowest BCUT2D eigenvalue weighted by Gasteiger charge is -2.18. The molecule has 1 unspecified atom stereocenters. The second-order valence-corrected chi connectivity index (χ2v) is 4.16. The van der Waals surface area contributed by atoms with Crippen LogP contribution in [0, 0.1) is 0 Å². The normalized spacial score (nSPS) is 12.9. The second-order valence-electron chi connectivity index (χ2n) is 4.16. The van der Waals surface area contributed by atoms with Crippen LogP contribution in [0.25, 0.3) is 0 Å². The summed E-state index contributed by atoms with van der Waals surface area (Å²) in [6, 6.07) is 0.359. The number of nitrogens with zero attached hydrogens (tertiary/aromatic N) is 2. The van der Waals surface area contributed by atoms with E-state index in [1.165, 1.54) is 0 Å². The molecule has 1 rings (SSSR count). The lowest BCUT2D eigenvalue weighted by molar-refractivity contribution is 0.122. The molecule has 0 aliphatic carbocycles. The van der Waals surface area contributed by atoms with Crippen LogP contribution in [-0.4, -0.2) is 35.4 Å². The predicted octanol–water partition coefficient (Wildman–Crippen LogP) is 1.85. The van der Waals surface area contributed by atoms with Gasteiger partial charge in [-0.25, -0.2) is 4.98 Å². The quantitative estimate of drug-likeness (QED) is 0.715. The van der Waals surface area contributed by atoms with Gasteiger partial charge < -0.3 is 14.6 Å². The topological polar surface area (TPSA) is 39.1 Å². The van der Waals surface area contributed by atoms with Crippen LogP contribution in [0.4, 0.5) is 0 Å². The average Bonchev–Trinajstić information content (AvgIpc) is 2.74. The van der Waals surface area contributed by atoms with Gasteiger partial charge in [0.1, 0.15) is 5.82 Å². The maximum atomic E-state index is 5.50. The minimum Gasteiger partial charge on any atom is -0.380 e. The number of aromatic nitrogens is 2. The molecule has 0 saturated heterocycles. The fourth-order valence-corrected chi connectivity index (χ4v) is 1.93. The van der Waals surface area contributed by atoms with Gasteiger partial charge in [0, 0.05) is 38.0 Å². The fourth-order valence-electron chi connectivity index (χ4n) is 1.93. The Balaban J connectivity index is 2.54. The first-order chi connectivity index (χ1) is 8.31. The highest BCUT2D eigenvalue weighted by Crippen LogP contribution is 2.04. The van der Waals surface area contributed by atoms with Crippen molar-refractivity contribution in [2.45, 2.75) is 46.2 Å². The number of imidazole rings is 1. The molecule has 17 heavy (non-hydrogen) atoms. The molecular formula is C13H25N3O. The van der Waals surface area contributed by atoms with Gasteiger partial charge in [0.05, 0.1) is 6.61 Å². The Morgan fingerprint density at radius 1 is 1.41 bits per heavy atom. The molecule has 0 radical (unpaired) electrons. The Morgan fingerprint density at radius 3 is 2.88 bits per heavy atom. The maximum Gasteiger partial charge on any atom is 0.110 e. The molecular weight excluding hydrogens is 214 g/mol. The Kier molecular flexibility index (Phi) is 6.89. The lowest BCUT2D eigenvalue weighted by Crippen LogP contribution is -2.36. The Morgan fingerprint density at radius 2 is 2.24 bits per heavy atom. The number of aryl methyl sites for hydroxylation is 1. The molecule has 1 aromatic rings. The van der Waals surface area contributed by atoms with Crippen molar-refractivity contribution < 1.29 is 4.74 Å². The van der Waals surface area contributed by atoms with Gasteiger partial charge in [0.25, 0.3) is 0 Å². The number of nitrogens with one attached hydrogen (secondary N) is 1. The molecule has 1 N–H and O–H groups in total. The SMILES string of the molecule is CCCn1ccnc1CC(COCC)NCC. The number of ether oxygens (including phenoxy) is 1. The molecule has 0 bridgehead atoms. The standard InChI is InChI=1S/C13H25N3O/c1-4-8-16-9-7-15-13(16)10-12(14-5-2)11-17-6-3/h7,9,12,14H,4-6,8,10-11H2,1-3H3. The summed E-state index contributed by atoms with van der Waals surface area (Å²) >= 11 is 0. The molecule has 0 amide bonds. The summed E-state index contributed by atoms with van der Waals surface area (Å²) in [5.74, 6) is 1.15. The Bertz CT molecular complexity index is 299. The zero-order valence-electron chi connectivity index (χ0n) is 11.3. The van der Waals surface area contributed by atoms with Crippen LogP contribution < -0.4 is 5.32 Å². The number of likely N-dealkylation sites (N-methyl/N-ethyl adjacent to an activating group) is 1. The van der Waals surface area contributed by atoms with Crippen LogP contribution in [0.15, 0.2) is 12.4 Å². The molecule has 0 aliphatic rings. The van der Waals surface area contributed by atoms with Crippen molar-refractivity contribution in [2.24, 2.45) is 0 Å². The first kappa shape index (κ1) is 14.2. The molecule has 4 nitrogen and oxygen atoms in total. The summed E-state index contributed by atoms with van der Waals surface area (Å²) in [6.07, 6.45) is 6.01. The molecule has 0 fully saturated rings. The van der Waals surface area contributed by atoms with E-state index in [0.717, 1.165) is 45.0 Å². The van der Waals surface area contributed by atoms with Gasteiger partial charge in [-0.05, 0) is 19.9 Å². The summed E-state index contributed by atoms with van der Waals surface area (Å²) in [7, 11) is 0. The Hall–Kier alpha value is -0.870. The molecule has 4 heteroatoms. The van der Waals surface area contributed by atoms with Crippen molar-refractivity contribution in [1.82, 2.24) is 14.9 Å². The largest absolute Gasteiger partial charge is 0.380 e. The zero-order valence-corrected chi connectivity index (χ0v) is 11.3. The third-order valence-electron chi connectivity index (χ3n) is 2.71. The van der Waals surface area contributed by atoms with Crippen molar-refractivity contribution in [2.75, 3.05) is 19.8 Å². The molecule has 1 atom stereocenters. The van der Waals surface area contributed by atoms with E-state index in [4.69, 9.17) is 4.74 Å². The van der Waals surface area contributed by atoms with E-state index in [-0.39, 0.29) is 0 Å². The smallest absolute Gasteiger partial charge is 0.110 e. The molecule has 1 aromatic heterocycles. The summed E-state index contributed by atoms with van der Waals surface area (Å²) < 4.78 is 7.73. The highest BCUT2D eigenvalue weighted by Gasteiger charge is 2.12. The first-order valence-electron chi connectivity index (χ1n) is 6.62. The van der Waals surface area contributed by atoms with Crippen LogP contribution in [0.5, 0.6) is 0 Å². The summed E-state index contributed by atoms with van der Waals surface area (Å²) in [4.78, 5) is 4.43. The summed E-state index contributed by atoms with van der Waals surface area (Å²) in [5.41, 5.74) is 0. The third-order valence-corrected chi connectivity index (χ3v) is 2.71. The van der Waals surface area contributed by atoms with Gasteiger partial charge in [0.2, 0.25) is 0 Å². The van der Waals surface area contributed by atoms with E-state index in [1.54, 1.807) is 0 Å². The minimum atomic E-state index is 0.359. The van der Waals surface area contributed by atoms with E-state index in [0.29, 0.717) is 6.04 Å². The van der Waals surface area contributed by atoms with Crippen molar-refractivity contribution in [3.8, 4) is 0 Å². The zero-order chi connectivity index (χ0) is 12.5. The molecule has 0 aromatic carbocycles. The highest BCUT2D eigenvalue weighted by atomic mass is 16.5. The van der Waals surface area contributed by atoms with Crippen molar-refractivity contribution in [3.05, 3.63) is 18.2 Å². The van der Waals surface area contributed by atoms with Gasteiger partial charge in [-0.2, -0.15) is 0 Å². The summed E-state index contributed by atoms with van der Waals surface area (Å²) in [6.45, 7) is 9.87. The molecule has 0 aliphatic heterocycles. The van der Waals surface area contributed by atoms with E-state index >= 15 is 0 Å². The predicted molar refractivity (Wildman–Crippen MR) is 70.2 cm³/mol. The third kappa shape index (κ3) is 4.88. The first-order valence-corrected chi connectivity index (χ1v) is 6.62. The van der Waals surface area contributed by atoms with E-state index in [2.05, 4.69) is 34.9 Å². The molecule has 1 heterocycles. The van der Waals surface area contributed by atoms with Gasteiger partial charge in [-0.3, -0.25) is 0 Å². The van der Waals surface area contributed by atoms with Gasteiger partial charge in [-0.15, -0.1) is 0 Å². The van der Waals surface area contributed by atoms with Crippen molar-refractivity contribution in [1.29, 1.82) is 0 Å². The number of hydrogen-bond acceptors (Lipinski definition) is 3. The number of hydrogen-bond donors (Lipinski definition) is 1. The Labute approximate surface area is 104 Å².